The zero-order valence-corrected chi connectivity index (χ0v) is 16.5. The summed E-state index contributed by atoms with van der Waals surface area (Å²) in [4.78, 5) is 16.9. The van der Waals surface area contributed by atoms with E-state index in [1.807, 2.05) is 36.1 Å². The van der Waals surface area contributed by atoms with Gasteiger partial charge in [-0.3, -0.25) is 4.79 Å². The number of carbonyl (C=O) groups excluding carboxylic acids is 1. The minimum atomic E-state index is -0.348. The van der Waals surface area contributed by atoms with Crippen LogP contribution in [0.25, 0.3) is 6.08 Å². The highest BCUT2D eigenvalue weighted by Gasteiger charge is 2.19. The van der Waals surface area contributed by atoms with Gasteiger partial charge in [0, 0.05) is 37.3 Å². The first kappa shape index (κ1) is 20.1. The summed E-state index contributed by atoms with van der Waals surface area (Å²) in [5.41, 5.74) is 1.74. The van der Waals surface area contributed by atoms with E-state index in [0.29, 0.717) is 17.9 Å². The number of piperazine rings is 1. The normalized spacial score (nSPS) is 15.2. The maximum absolute atomic E-state index is 14.7. The van der Waals surface area contributed by atoms with Gasteiger partial charge in [-0.1, -0.05) is 25.1 Å². The molecular formula is C23H27FN2O2. The van der Waals surface area contributed by atoms with Crippen molar-refractivity contribution in [2.45, 2.75) is 13.8 Å². The first-order valence-electron chi connectivity index (χ1n) is 9.83. The van der Waals surface area contributed by atoms with Crippen LogP contribution in [0.2, 0.25) is 0 Å². The second-order valence-electron chi connectivity index (χ2n) is 6.76. The first-order chi connectivity index (χ1) is 13.6. The summed E-state index contributed by atoms with van der Waals surface area (Å²) in [5.74, 6) is 0.147. The summed E-state index contributed by atoms with van der Waals surface area (Å²) >= 11 is 0. The molecule has 0 atom stereocenters. The van der Waals surface area contributed by atoms with E-state index in [1.165, 1.54) is 12.1 Å². The van der Waals surface area contributed by atoms with E-state index in [2.05, 4.69) is 11.8 Å². The Labute approximate surface area is 166 Å². The SMILES string of the molecule is CCOc1ccccc1C=CC(=O)c1ccc(N2CCN(CC)CC2)c(F)c1. The molecule has 1 aliphatic rings. The molecule has 4 nitrogen and oxygen atoms in total. The van der Waals surface area contributed by atoms with Gasteiger partial charge in [0.1, 0.15) is 11.6 Å². The van der Waals surface area contributed by atoms with E-state index < -0.39 is 0 Å². The van der Waals surface area contributed by atoms with Gasteiger partial charge in [0.25, 0.3) is 0 Å². The second kappa shape index (κ2) is 9.51. The lowest BCUT2D eigenvalue weighted by molar-refractivity contribution is 0.104. The number of allylic oxidation sites excluding steroid dienone is 1. The number of rotatable bonds is 7. The van der Waals surface area contributed by atoms with Gasteiger partial charge in [-0.25, -0.2) is 4.39 Å². The molecule has 0 unspecified atom stereocenters. The maximum atomic E-state index is 14.7. The fourth-order valence-electron chi connectivity index (χ4n) is 3.39. The van der Waals surface area contributed by atoms with Crippen molar-refractivity contribution in [2.24, 2.45) is 0 Å². The highest BCUT2D eigenvalue weighted by atomic mass is 19.1. The Balaban J connectivity index is 1.71. The standard InChI is InChI=1S/C23H27FN2O2/c1-3-25-13-15-26(16-14-25)21-11-9-19(17-20(21)24)22(27)12-10-18-7-5-6-8-23(18)28-4-2/h5-12,17H,3-4,13-16H2,1-2H3. The maximum Gasteiger partial charge on any atom is 0.185 e. The van der Waals surface area contributed by atoms with Crippen LogP contribution < -0.4 is 9.64 Å². The van der Waals surface area contributed by atoms with Crippen molar-refractivity contribution in [3.8, 4) is 5.75 Å². The third kappa shape index (κ3) is 4.78. The van der Waals surface area contributed by atoms with Crippen molar-refractivity contribution in [3.63, 3.8) is 0 Å². The summed E-state index contributed by atoms with van der Waals surface area (Å²) in [5, 5.41) is 0. The van der Waals surface area contributed by atoms with Crippen LogP contribution >= 0.6 is 0 Å². The minimum Gasteiger partial charge on any atom is -0.493 e. The molecule has 0 bridgehead atoms. The predicted molar refractivity (Wildman–Crippen MR) is 112 cm³/mol. The molecule has 0 aliphatic carbocycles. The molecule has 5 heteroatoms. The fraction of sp³-hybridized carbons (Fsp3) is 0.348. The van der Waals surface area contributed by atoms with Crippen molar-refractivity contribution in [1.82, 2.24) is 4.90 Å². The van der Waals surface area contributed by atoms with E-state index in [-0.39, 0.29) is 11.6 Å². The summed E-state index contributed by atoms with van der Waals surface area (Å²) in [6.45, 7) is 9.07. The second-order valence-corrected chi connectivity index (χ2v) is 6.76. The Bertz CT molecular complexity index is 842. The largest absolute Gasteiger partial charge is 0.493 e. The number of carbonyl (C=O) groups is 1. The topological polar surface area (TPSA) is 32.8 Å². The van der Waals surface area contributed by atoms with Crippen molar-refractivity contribution in [2.75, 3.05) is 44.2 Å². The van der Waals surface area contributed by atoms with Gasteiger partial charge in [0.15, 0.2) is 5.78 Å². The van der Waals surface area contributed by atoms with E-state index in [9.17, 15) is 9.18 Å². The van der Waals surface area contributed by atoms with E-state index in [0.717, 1.165) is 44.0 Å². The fourth-order valence-corrected chi connectivity index (χ4v) is 3.39. The van der Waals surface area contributed by atoms with Gasteiger partial charge < -0.3 is 14.5 Å². The summed E-state index contributed by atoms with van der Waals surface area (Å²) < 4.78 is 20.2. The Hall–Kier alpha value is -2.66. The van der Waals surface area contributed by atoms with Gasteiger partial charge in [-0.05, 0) is 49.9 Å². The van der Waals surface area contributed by atoms with Crippen LogP contribution in [0.5, 0.6) is 5.75 Å². The molecule has 0 radical (unpaired) electrons. The Morgan fingerprint density at radius 2 is 1.86 bits per heavy atom. The molecular weight excluding hydrogens is 355 g/mol. The number of hydrogen-bond acceptors (Lipinski definition) is 4. The van der Waals surface area contributed by atoms with Crippen LogP contribution in [-0.4, -0.2) is 50.0 Å². The van der Waals surface area contributed by atoms with Crippen molar-refractivity contribution in [1.29, 1.82) is 0 Å². The predicted octanol–water partition coefficient (Wildman–Crippen LogP) is 4.26. The zero-order valence-electron chi connectivity index (χ0n) is 16.5. The highest BCUT2D eigenvalue weighted by molar-refractivity contribution is 6.07. The molecule has 0 spiro atoms. The molecule has 1 heterocycles. The van der Waals surface area contributed by atoms with Gasteiger partial charge in [0.05, 0.1) is 12.3 Å². The Kier molecular flexibility index (Phi) is 6.82. The van der Waals surface area contributed by atoms with Crippen LogP contribution in [0, 0.1) is 5.82 Å². The molecule has 3 rings (SSSR count). The van der Waals surface area contributed by atoms with Crippen molar-refractivity contribution >= 4 is 17.5 Å². The lowest BCUT2D eigenvalue weighted by atomic mass is 10.1. The lowest BCUT2D eigenvalue weighted by Gasteiger charge is -2.35. The Morgan fingerprint density at radius 1 is 1.11 bits per heavy atom. The van der Waals surface area contributed by atoms with Gasteiger partial charge in [0.2, 0.25) is 0 Å². The van der Waals surface area contributed by atoms with Crippen molar-refractivity contribution in [3.05, 3.63) is 65.5 Å². The monoisotopic (exact) mass is 382 g/mol. The molecule has 0 amide bonds. The van der Waals surface area contributed by atoms with Crippen molar-refractivity contribution < 1.29 is 13.9 Å². The number of anilines is 1. The van der Waals surface area contributed by atoms with Gasteiger partial charge >= 0.3 is 0 Å². The quantitative estimate of drug-likeness (QED) is 0.529. The van der Waals surface area contributed by atoms with Gasteiger partial charge in [-0.15, -0.1) is 0 Å². The highest BCUT2D eigenvalue weighted by Crippen LogP contribution is 2.23. The first-order valence-corrected chi connectivity index (χ1v) is 9.83. The number of ether oxygens (including phenoxy) is 1. The van der Waals surface area contributed by atoms with Crippen LogP contribution in [0.4, 0.5) is 10.1 Å². The van der Waals surface area contributed by atoms with Crippen LogP contribution in [0.1, 0.15) is 29.8 Å². The third-order valence-electron chi connectivity index (χ3n) is 5.03. The minimum absolute atomic E-state index is 0.229. The molecule has 0 saturated carbocycles. The molecule has 1 fully saturated rings. The number of benzene rings is 2. The van der Waals surface area contributed by atoms with Crippen LogP contribution in [-0.2, 0) is 0 Å². The smallest absolute Gasteiger partial charge is 0.185 e. The summed E-state index contributed by atoms with van der Waals surface area (Å²) in [6, 6.07) is 12.3. The Morgan fingerprint density at radius 3 is 2.54 bits per heavy atom. The third-order valence-corrected chi connectivity index (χ3v) is 5.03. The summed E-state index contributed by atoms with van der Waals surface area (Å²) in [6.07, 6.45) is 3.18. The average Bonchev–Trinajstić information content (AvgIpc) is 2.73. The van der Waals surface area contributed by atoms with Crippen LogP contribution in [0.3, 0.4) is 0 Å². The molecule has 2 aromatic carbocycles. The number of para-hydroxylation sites is 1. The average molecular weight is 382 g/mol. The molecule has 1 saturated heterocycles. The van der Waals surface area contributed by atoms with Gasteiger partial charge in [-0.2, -0.15) is 0 Å². The van der Waals surface area contributed by atoms with E-state index in [1.54, 1.807) is 18.2 Å². The summed E-state index contributed by atoms with van der Waals surface area (Å²) in [7, 11) is 0. The molecule has 1 aliphatic heterocycles. The number of likely N-dealkylation sites (N-methyl/N-ethyl adjacent to an activating group) is 1. The molecule has 148 valence electrons. The number of hydrogen-bond donors (Lipinski definition) is 0. The van der Waals surface area contributed by atoms with E-state index in [4.69, 9.17) is 4.74 Å². The number of nitrogens with zero attached hydrogens (tertiary/aromatic N) is 2. The molecule has 0 N–H and O–H groups in total. The number of halogens is 1. The molecule has 2 aromatic rings. The molecule has 28 heavy (non-hydrogen) atoms. The van der Waals surface area contributed by atoms with E-state index >= 15 is 0 Å². The lowest BCUT2D eigenvalue weighted by Crippen LogP contribution is -2.46. The zero-order chi connectivity index (χ0) is 19.9. The number of ketones is 1. The molecule has 0 aromatic heterocycles. The van der Waals surface area contributed by atoms with Crippen LogP contribution in [0.15, 0.2) is 48.5 Å².